The number of benzene rings is 1. The minimum Gasteiger partial charge on any atom is -0.493 e. The van der Waals surface area contributed by atoms with Crippen LogP contribution in [0.3, 0.4) is 0 Å². The van der Waals surface area contributed by atoms with Crippen molar-refractivity contribution in [3.05, 3.63) is 29.6 Å². The molecule has 3 rings (SSSR count). The quantitative estimate of drug-likeness (QED) is 0.688. The van der Waals surface area contributed by atoms with Crippen molar-refractivity contribution in [2.45, 2.75) is 18.6 Å². The van der Waals surface area contributed by atoms with E-state index in [4.69, 9.17) is 9.47 Å². The fourth-order valence-corrected chi connectivity index (χ4v) is 2.66. The highest BCUT2D eigenvalue weighted by Gasteiger charge is 2.35. The van der Waals surface area contributed by atoms with E-state index in [2.05, 4.69) is 11.9 Å². The molecule has 0 spiro atoms. The van der Waals surface area contributed by atoms with Crippen LogP contribution in [0.15, 0.2) is 18.2 Å². The molecule has 1 fully saturated rings. The average Bonchev–Trinajstić information content (AvgIpc) is 2.50. The minimum atomic E-state index is -0.232. The Morgan fingerprint density at radius 2 is 2.24 bits per heavy atom. The number of halogens is 1. The maximum Gasteiger partial charge on any atom is 0.125 e. The Kier molecular flexibility index (Phi) is 2.76. The van der Waals surface area contributed by atoms with Crippen LogP contribution in [0.2, 0.25) is 0 Å². The molecule has 1 aromatic rings. The van der Waals surface area contributed by atoms with E-state index < -0.39 is 0 Å². The van der Waals surface area contributed by atoms with Crippen LogP contribution in [-0.4, -0.2) is 37.7 Å². The first-order chi connectivity index (χ1) is 8.25. The lowest BCUT2D eigenvalue weighted by molar-refractivity contribution is -0.0645. The summed E-state index contributed by atoms with van der Waals surface area (Å²) in [5.41, 5.74) is 0.846. The Hall–Kier alpha value is -1.13. The van der Waals surface area contributed by atoms with Crippen LogP contribution in [0, 0.1) is 5.82 Å². The standard InChI is InChI=1S/C13H16FNO2/c1-15-5-7-17-13-10-8-9(14)2-3-12(10)16-6-4-11(13)15/h2-3,8,11,13H,4-7H2,1H3. The second kappa shape index (κ2) is 4.27. The summed E-state index contributed by atoms with van der Waals surface area (Å²) in [5, 5.41) is 0. The van der Waals surface area contributed by atoms with Gasteiger partial charge in [-0.25, -0.2) is 4.39 Å². The van der Waals surface area contributed by atoms with Gasteiger partial charge in [-0.3, -0.25) is 4.90 Å². The first-order valence-corrected chi connectivity index (χ1v) is 6.00. The number of hydrogen-bond acceptors (Lipinski definition) is 3. The number of morpholine rings is 1. The Morgan fingerprint density at radius 3 is 3.12 bits per heavy atom. The molecule has 1 aromatic carbocycles. The zero-order chi connectivity index (χ0) is 11.8. The molecule has 4 heteroatoms. The smallest absolute Gasteiger partial charge is 0.125 e. The normalized spacial score (nSPS) is 28.8. The van der Waals surface area contributed by atoms with Crippen molar-refractivity contribution in [2.24, 2.45) is 0 Å². The third kappa shape index (κ3) is 1.91. The number of nitrogens with zero attached hydrogens (tertiary/aromatic N) is 1. The van der Waals surface area contributed by atoms with Crippen LogP contribution in [0.25, 0.3) is 0 Å². The van der Waals surface area contributed by atoms with Crippen molar-refractivity contribution in [1.29, 1.82) is 0 Å². The first-order valence-electron chi connectivity index (χ1n) is 6.00. The summed E-state index contributed by atoms with van der Waals surface area (Å²) in [4.78, 5) is 2.28. The fourth-order valence-electron chi connectivity index (χ4n) is 2.66. The Morgan fingerprint density at radius 1 is 1.35 bits per heavy atom. The van der Waals surface area contributed by atoms with Crippen LogP contribution in [0.5, 0.6) is 5.75 Å². The molecule has 0 saturated carbocycles. The molecule has 0 N–H and O–H groups in total. The number of ether oxygens (including phenoxy) is 2. The zero-order valence-corrected chi connectivity index (χ0v) is 9.86. The van der Waals surface area contributed by atoms with Crippen molar-refractivity contribution >= 4 is 0 Å². The lowest BCUT2D eigenvalue weighted by atomic mass is 9.97. The Labute approximate surface area is 100 Å². The second-order valence-corrected chi connectivity index (χ2v) is 4.66. The van der Waals surface area contributed by atoms with Gasteiger partial charge < -0.3 is 9.47 Å². The van der Waals surface area contributed by atoms with Gasteiger partial charge in [-0.1, -0.05) is 0 Å². The van der Waals surface area contributed by atoms with E-state index in [1.54, 1.807) is 6.07 Å². The van der Waals surface area contributed by atoms with Crippen LogP contribution in [0.4, 0.5) is 4.39 Å². The van der Waals surface area contributed by atoms with Crippen LogP contribution < -0.4 is 4.74 Å². The van der Waals surface area contributed by atoms with Gasteiger partial charge in [-0.2, -0.15) is 0 Å². The van der Waals surface area contributed by atoms with E-state index in [0.717, 1.165) is 24.3 Å². The van der Waals surface area contributed by atoms with Gasteiger partial charge in [0.2, 0.25) is 0 Å². The summed E-state index contributed by atoms with van der Waals surface area (Å²) in [6.45, 7) is 2.27. The molecule has 2 aliphatic rings. The van der Waals surface area contributed by atoms with E-state index >= 15 is 0 Å². The van der Waals surface area contributed by atoms with Gasteiger partial charge in [0, 0.05) is 18.2 Å². The van der Waals surface area contributed by atoms with Gasteiger partial charge in [-0.15, -0.1) is 0 Å². The molecule has 2 heterocycles. The highest BCUT2D eigenvalue weighted by atomic mass is 19.1. The summed E-state index contributed by atoms with van der Waals surface area (Å²) in [6, 6.07) is 4.96. The number of hydrogen-bond donors (Lipinski definition) is 0. The van der Waals surface area contributed by atoms with Gasteiger partial charge in [-0.05, 0) is 31.7 Å². The third-order valence-corrected chi connectivity index (χ3v) is 3.61. The summed E-state index contributed by atoms with van der Waals surface area (Å²) in [6.07, 6.45) is 0.847. The van der Waals surface area contributed by atoms with E-state index in [1.165, 1.54) is 12.1 Å². The minimum absolute atomic E-state index is 0.0676. The second-order valence-electron chi connectivity index (χ2n) is 4.66. The Balaban J connectivity index is 2.02. The predicted molar refractivity (Wildman–Crippen MR) is 61.6 cm³/mol. The molecule has 92 valence electrons. The maximum absolute atomic E-state index is 13.4. The van der Waals surface area contributed by atoms with Crippen molar-refractivity contribution in [2.75, 3.05) is 26.8 Å². The highest BCUT2D eigenvalue weighted by molar-refractivity contribution is 5.37. The number of likely N-dealkylation sites (N-methyl/N-ethyl adjacent to an activating group) is 1. The molecule has 2 atom stereocenters. The zero-order valence-electron chi connectivity index (χ0n) is 9.86. The molecule has 0 amide bonds. The van der Waals surface area contributed by atoms with E-state index in [-0.39, 0.29) is 18.0 Å². The maximum atomic E-state index is 13.4. The van der Waals surface area contributed by atoms with Gasteiger partial charge in [0.15, 0.2) is 0 Å². The lowest BCUT2D eigenvalue weighted by Crippen LogP contribution is -2.44. The summed E-state index contributed by atoms with van der Waals surface area (Å²) in [7, 11) is 2.09. The summed E-state index contributed by atoms with van der Waals surface area (Å²) in [5.74, 6) is 0.527. The molecule has 1 saturated heterocycles. The van der Waals surface area contributed by atoms with Crippen LogP contribution >= 0.6 is 0 Å². The topological polar surface area (TPSA) is 21.7 Å². The van der Waals surface area contributed by atoms with Crippen molar-refractivity contribution in [3.8, 4) is 5.75 Å². The van der Waals surface area contributed by atoms with Gasteiger partial charge >= 0.3 is 0 Å². The van der Waals surface area contributed by atoms with E-state index in [9.17, 15) is 4.39 Å². The van der Waals surface area contributed by atoms with Crippen LogP contribution in [-0.2, 0) is 4.74 Å². The monoisotopic (exact) mass is 237 g/mol. The average molecular weight is 237 g/mol. The van der Waals surface area contributed by atoms with Crippen molar-refractivity contribution < 1.29 is 13.9 Å². The largest absolute Gasteiger partial charge is 0.493 e. The van der Waals surface area contributed by atoms with E-state index in [1.807, 2.05) is 0 Å². The third-order valence-electron chi connectivity index (χ3n) is 3.61. The molecule has 3 nitrogen and oxygen atoms in total. The Bertz CT molecular complexity index is 424. The SMILES string of the molecule is CN1CCOC2c3cc(F)ccc3OCCC21. The molecule has 2 aliphatic heterocycles. The van der Waals surface area contributed by atoms with Gasteiger partial charge in [0.05, 0.1) is 13.2 Å². The fraction of sp³-hybridized carbons (Fsp3) is 0.538. The highest BCUT2D eigenvalue weighted by Crippen LogP contribution is 2.38. The van der Waals surface area contributed by atoms with Crippen molar-refractivity contribution in [3.63, 3.8) is 0 Å². The summed E-state index contributed by atoms with van der Waals surface area (Å²) >= 11 is 0. The van der Waals surface area contributed by atoms with Crippen molar-refractivity contribution in [1.82, 2.24) is 4.90 Å². The lowest BCUT2D eigenvalue weighted by Gasteiger charge is -2.38. The molecule has 17 heavy (non-hydrogen) atoms. The predicted octanol–water partition coefficient (Wildman–Crippen LogP) is 1.98. The molecule has 0 aliphatic carbocycles. The number of fused-ring (bicyclic) bond motifs is 3. The molecular weight excluding hydrogens is 221 g/mol. The molecular formula is C13H16FNO2. The molecule has 2 unspecified atom stereocenters. The number of rotatable bonds is 0. The first kappa shape index (κ1) is 11.0. The van der Waals surface area contributed by atoms with Gasteiger partial charge in [0.1, 0.15) is 17.7 Å². The van der Waals surface area contributed by atoms with E-state index in [0.29, 0.717) is 13.2 Å². The molecule has 0 bridgehead atoms. The van der Waals surface area contributed by atoms with Crippen LogP contribution in [0.1, 0.15) is 18.1 Å². The van der Waals surface area contributed by atoms with Gasteiger partial charge in [0.25, 0.3) is 0 Å². The molecule has 0 radical (unpaired) electrons. The summed E-state index contributed by atoms with van der Waals surface area (Å²) < 4.78 is 24.9. The molecule has 0 aromatic heterocycles.